The van der Waals surface area contributed by atoms with E-state index in [0.717, 1.165) is 22.7 Å². The second-order valence-corrected chi connectivity index (χ2v) is 12.6. The van der Waals surface area contributed by atoms with Crippen molar-refractivity contribution in [3.8, 4) is 5.75 Å². The molecule has 150 valence electrons. The number of halogens is 1. The molecule has 5 heteroatoms. The minimum atomic E-state index is 0.341. The lowest BCUT2D eigenvalue weighted by atomic mass is 9.36. The highest BCUT2D eigenvalue weighted by atomic mass is 79.9. The standard InChI is InChI=1S/C23H30BrN3O/c1-20-8-21(2)10-22(3,9-20)13-23(11-20,12-21)14-28-17-6-18-25-26-19(24)27(18)7-16(17)15-4-5-15/h6-7,15H,4-5,8-14H2,1-3H3. The lowest BCUT2D eigenvalue weighted by Crippen LogP contribution is -2.60. The summed E-state index contributed by atoms with van der Waals surface area (Å²) in [6.07, 6.45) is 12.9. The van der Waals surface area contributed by atoms with E-state index in [9.17, 15) is 0 Å². The molecule has 0 spiro atoms. The van der Waals surface area contributed by atoms with Crippen molar-refractivity contribution in [2.75, 3.05) is 6.61 Å². The molecular formula is C23H30BrN3O. The number of aromatic nitrogens is 3. The maximum absolute atomic E-state index is 6.68. The highest BCUT2D eigenvalue weighted by molar-refractivity contribution is 9.10. The number of fused-ring (bicyclic) bond motifs is 1. The fourth-order valence-corrected chi connectivity index (χ4v) is 9.03. The average molecular weight is 444 g/mol. The third-order valence-corrected chi connectivity index (χ3v) is 8.55. The van der Waals surface area contributed by atoms with Gasteiger partial charge in [0.25, 0.3) is 0 Å². The lowest BCUT2D eigenvalue weighted by molar-refractivity contribution is -0.192. The number of hydrogen-bond acceptors (Lipinski definition) is 3. The lowest BCUT2D eigenvalue weighted by Gasteiger charge is -2.69. The van der Waals surface area contributed by atoms with E-state index in [0.29, 0.717) is 27.6 Å². The molecule has 0 radical (unpaired) electrons. The van der Waals surface area contributed by atoms with Gasteiger partial charge in [0.2, 0.25) is 4.73 Å². The average Bonchev–Trinajstić information content (AvgIpc) is 3.32. The highest BCUT2D eigenvalue weighted by Gasteiger charge is 2.64. The van der Waals surface area contributed by atoms with E-state index in [-0.39, 0.29) is 0 Å². The number of ether oxygens (including phenoxy) is 1. The Kier molecular flexibility index (Phi) is 3.37. The van der Waals surface area contributed by atoms with Crippen LogP contribution in [0.4, 0.5) is 0 Å². The first-order valence-corrected chi connectivity index (χ1v) is 11.6. The van der Waals surface area contributed by atoms with E-state index < -0.39 is 0 Å². The Labute approximate surface area is 175 Å². The number of hydrogen-bond donors (Lipinski definition) is 0. The summed E-state index contributed by atoms with van der Waals surface area (Å²) in [7, 11) is 0. The molecule has 5 saturated carbocycles. The Morgan fingerprint density at radius 2 is 1.61 bits per heavy atom. The first-order valence-electron chi connectivity index (χ1n) is 10.9. The summed E-state index contributed by atoms with van der Waals surface area (Å²) >= 11 is 3.51. The van der Waals surface area contributed by atoms with Gasteiger partial charge in [0.05, 0.1) is 6.61 Å². The molecule has 0 unspecified atom stereocenters. The minimum Gasteiger partial charge on any atom is -0.493 e. The SMILES string of the molecule is CC12CC3(C)CC(C)(C1)CC(COc1cc4nnc(Br)n4cc1C1CC1)(C2)C3. The van der Waals surface area contributed by atoms with Gasteiger partial charge in [-0.05, 0) is 89.5 Å². The zero-order chi connectivity index (χ0) is 19.4. The van der Waals surface area contributed by atoms with Crippen LogP contribution in [0.3, 0.4) is 0 Å². The van der Waals surface area contributed by atoms with Crippen molar-refractivity contribution < 1.29 is 4.74 Å². The first kappa shape index (κ1) is 17.7. The summed E-state index contributed by atoms with van der Waals surface area (Å²) in [4.78, 5) is 0. The predicted molar refractivity (Wildman–Crippen MR) is 113 cm³/mol. The van der Waals surface area contributed by atoms with Gasteiger partial charge >= 0.3 is 0 Å². The van der Waals surface area contributed by atoms with E-state index in [1.54, 1.807) is 0 Å². The number of nitrogens with zero attached hydrogens (tertiary/aromatic N) is 3. The van der Waals surface area contributed by atoms with Gasteiger partial charge in [-0.15, -0.1) is 10.2 Å². The van der Waals surface area contributed by atoms with Crippen molar-refractivity contribution in [3.63, 3.8) is 0 Å². The van der Waals surface area contributed by atoms with Crippen molar-refractivity contribution in [2.24, 2.45) is 21.7 Å². The summed E-state index contributed by atoms with van der Waals surface area (Å²) in [6.45, 7) is 8.50. The first-order chi connectivity index (χ1) is 13.2. The molecule has 2 aromatic heterocycles. The zero-order valence-corrected chi connectivity index (χ0v) is 18.8. The van der Waals surface area contributed by atoms with Crippen LogP contribution in [-0.4, -0.2) is 21.2 Å². The Balaban J connectivity index is 1.33. The van der Waals surface area contributed by atoms with E-state index in [4.69, 9.17) is 4.74 Å². The second kappa shape index (κ2) is 5.33. The van der Waals surface area contributed by atoms with Gasteiger partial charge in [-0.1, -0.05) is 20.8 Å². The molecule has 0 saturated heterocycles. The summed E-state index contributed by atoms with van der Waals surface area (Å²) in [5, 5.41) is 8.47. The van der Waals surface area contributed by atoms with Crippen LogP contribution in [0.1, 0.15) is 83.6 Å². The maximum atomic E-state index is 6.68. The molecule has 5 aliphatic rings. The van der Waals surface area contributed by atoms with Crippen LogP contribution in [0.15, 0.2) is 17.0 Å². The van der Waals surface area contributed by atoms with E-state index >= 15 is 0 Å². The Morgan fingerprint density at radius 1 is 1.00 bits per heavy atom. The molecule has 0 aliphatic heterocycles. The van der Waals surface area contributed by atoms with Crippen molar-refractivity contribution in [2.45, 2.75) is 78.1 Å². The summed E-state index contributed by atoms with van der Waals surface area (Å²) < 4.78 is 9.48. The van der Waals surface area contributed by atoms with Crippen LogP contribution < -0.4 is 4.74 Å². The molecule has 0 aromatic carbocycles. The van der Waals surface area contributed by atoms with Gasteiger partial charge in [-0.3, -0.25) is 4.40 Å². The smallest absolute Gasteiger partial charge is 0.204 e. The molecule has 0 atom stereocenters. The van der Waals surface area contributed by atoms with Gasteiger partial charge in [0, 0.05) is 23.2 Å². The van der Waals surface area contributed by atoms with Crippen molar-refractivity contribution >= 4 is 21.6 Å². The predicted octanol–water partition coefficient (Wildman–Crippen LogP) is 6.13. The van der Waals surface area contributed by atoms with E-state index in [1.807, 2.05) is 4.40 Å². The van der Waals surface area contributed by atoms with E-state index in [2.05, 4.69) is 59.2 Å². The quantitative estimate of drug-likeness (QED) is 0.569. The topological polar surface area (TPSA) is 39.4 Å². The van der Waals surface area contributed by atoms with Crippen LogP contribution >= 0.6 is 15.9 Å². The van der Waals surface area contributed by atoms with Gasteiger partial charge in [-0.25, -0.2) is 0 Å². The van der Waals surface area contributed by atoms with Gasteiger partial charge in [-0.2, -0.15) is 0 Å². The fourth-order valence-electron chi connectivity index (χ4n) is 8.67. The second-order valence-electron chi connectivity index (χ2n) is 11.8. The molecule has 0 N–H and O–H groups in total. The fraction of sp³-hybridized carbons (Fsp3) is 0.739. The number of rotatable bonds is 4. The largest absolute Gasteiger partial charge is 0.493 e. The summed E-state index contributed by atoms with van der Waals surface area (Å²) in [6, 6.07) is 2.11. The number of pyridine rings is 1. The molecule has 0 amide bonds. The van der Waals surface area contributed by atoms with Crippen LogP contribution in [0.25, 0.3) is 5.65 Å². The molecule has 7 rings (SSSR count). The maximum Gasteiger partial charge on any atom is 0.204 e. The summed E-state index contributed by atoms with van der Waals surface area (Å²) in [5.74, 6) is 1.68. The van der Waals surface area contributed by atoms with Gasteiger partial charge in [0.1, 0.15) is 5.75 Å². The third-order valence-electron chi connectivity index (χ3n) is 8.01. The Bertz CT molecular complexity index is 924. The van der Waals surface area contributed by atoms with Crippen molar-refractivity contribution in [1.29, 1.82) is 0 Å². The monoisotopic (exact) mass is 443 g/mol. The van der Waals surface area contributed by atoms with Crippen molar-refractivity contribution in [1.82, 2.24) is 14.6 Å². The van der Waals surface area contributed by atoms with Crippen LogP contribution in [0.5, 0.6) is 5.75 Å². The zero-order valence-electron chi connectivity index (χ0n) is 17.2. The Hall–Kier alpha value is -1.10. The molecular weight excluding hydrogens is 414 g/mol. The van der Waals surface area contributed by atoms with Gasteiger partial charge < -0.3 is 4.74 Å². The molecule has 5 fully saturated rings. The Morgan fingerprint density at radius 3 is 2.18 bits per heavy atom. The molecule has 2 heterocycles. The van der Waals surface area contributed by atoms with Gasteiger partial charge in [0.15, 0.2) is 5.65 Å². The molecule has 28 heavy (non-hydrogen) atoms. The third kappa shape index (κ3) is 2.68. The minimum absolute atomic E-state index is 0.341. The molecule has 4 bridgehead atoms. The highest BCUT2D eigenvalue weighted by Crippen LogP contribution is 2.73. The molecule has 5 aliphatic carbocycles. The normalized spacial score (nSPS) is 41.7. The summed E-state index contributed by atoms with van der Waals surface area (Å²) in [5.41, 5.74) is 4.05. The molecule has 4 nitrogen and oxygen atoms in total. The van der Waals surface area contributed by atoms with E-state index in [1.165, 1.54) is 56.9 Å². The molecule has 2 aromatic rings. The van der Waals surface area contributed by atoms with Crippen molar-refractivity contribution in [3.05, 3.63) is 22.6 Å². The van der Waals surface area contributed by atoms with Crippen LogP contribution in [0, 0.1) is 21.7 Å². The van der Waals surface area contributed by atoms with Crippen LogP contribution in [-0.2, 0) is 0 Å². The van der Waals surface area contributed by atoms with Crippen LogP contribution in [0.2, 0.25) is 0 Å².